The fraction of sp³-hybridized carbons (Fsp3) is 0.429. The summed E-state index contributed by atoms with van der Waals surface area (Å²) in [6, 6.07) is 24.0. The van der Waals surface area contributed by atoms with Crippen LogP contribution in [0.2, 0.25) is 0 Å². The van der Waals surface area contributed by atoms with Crippen LogP contribution in [0.1, 0.15) is 55.4 Å². The Morgan fingerprint density at radius 1 is 0.977 bits per heavy atom. The van der Waals surface area contributed by atoms with Crippen LogP contribution in [0.15, 0.2) is 72.8 Å². The number of aliphatic hydroxyl groups is 1. The van der Waals surface area contributed by atoms with Gasteiger partial charge >= 0.3 is 5.97 Å². The number of nitrogens with one attached hydrogen (secondary N) is 1. The maximum atomic E-state index is 12.4. The third-order valence-corrected chi connectivity index (χ3v) is 8.34. The van der Waals surface area contributed by atoms with Crippen LogP contribution < -0.4 is 5.32 Å². The molecule has 0 bridgehead atoms. The highest BCUT2D eigenvalue weighted by Gasteiger charge is 2.39. The third kappa shape index (κ3) is 7.91. The summed E-state index contributed by atoms with van der Waals surface area (Å²) in [5.41, 5.74) is 5.78. The first kappa shape index (κ1) is 31.8. The molecule has 5 rings (SSSR count). The van der Waals surface area contributed by atoms with Crippen molar-refractivity contribution in [1.82, 2.24) is 10.2 Å². The summed E-state index contributed by atoms with van der Waals surface area (Å²) in [4.78, 5) is 26.0. The van der Waals surface area contributed by atoms with E-state index < -0.39 is 18.4 Å². The van der Waals surface area contributed by atoms with E-state index in [4.69, 9.17) is 18.9 Å². The van der Waals surface area contributed by atoms with Gasteiger partial charge in [0.1, 0.15) is 0 Å². The zero-order valence-electron chi connectivity index (χ0n) is 25.6. The second-order valence-corrected chi connectivity index (χ2v) is 11.5. The molecule has 0 spiro atoms. The molecule has 234 valence electrons. The molecule has 44 heavy (non-hydrogen) atoms. The van der Waals surface area contributed by atoms with Gasteiger partial charge in [0.2, 0.25) is 0 Å². The molecule has 5 unspecified atom stereocenters. The molecule has 2 heterocycles. The van der Waals surface area contributed by atoms with Crippen molar-refractivity contribution < 1.29 is 33.6 Å². The standard InChI is InChI=1S/C35H42N2O7/c1-23-32(21-37-16-18-41-19-17-37)43-35(44-33(23)28-10-8-26(22-38)9-11-28)29-14-12-27(13-15-29)31-7-5-4-6-30(31)20-36-34(40)24(2)42-25(3)39/h4-15,23-24,32-33,35,38H,16-22H2,1-3H3,(H,36,40). The Labute approximate surface area is 259 Å². The largest absolute Gasteiger partial charge is 0.453 e. The predicted octanol–water partition coefficient (Wildman–Crippen LogP) is 4.54. The van der Waals surface area contributed by atoms with Crippen molar-refractivity contribution in [2.75, 3.05) is 32.8 Å². The lowest BCUT2D eigenvalue weighted by Crippen LogP contribution is -2.47. The molecule has 2 aliphatic heterocycles. The van der Waals surface area contributed by atoms with Gasteiger partial charge in [0.25, 0.3) is 5.91 Å². The number of morpholine rings is 1. The highest BCUT2D eigenvalue weighted by atomic mass is 16.7. The number of esters is 1. The van der Waals surface area contributed by atoms with Crippen molar-refractivity contribution in [1.29, 1.82) is 0 Å². The van der Waals surface area contributed by atoms with Crippen molar-refractivity contribution in [2.45, 2.75) is 58.5 Å². The Morgan fingerprint density at radius 2 is 1.66 bits per heavy atom. The lowest BCUT2D eigenvalue weighted by atomic mass is 9.90. The highest BCUT2D eigenvalue weighted by Crippen LogP contribution is 2.42. The predicted molar refractivity (Wildman–Crippen MR) is 165 cm³/mol. The van der Waals surface area contributed by atoms with E-state index in [2.05, 4.69) is 17.1 Å². The average molecular weight is 603 g/mol. The Kier molecular flexibility index (Phi) is 10.8. The molecule has 2 saturated heterocycles. The quantitative estimate of drug-likeness (QED) is 0.326. The molecule has 2 N–H and O–H groups in total. The van der Waals surface area contributed by atoms with Gasteiger partial charge < -0.3 is 29.4 Å². The monoisotopic (exact) mass is 602 g/mol. The van der Waals surface area contributed by atoms with Gasteiger partial charge in [-0.3, -0.25) is 14.5 Å². The minimum Gasteiger partial charge on any atom is -0.453 e. The highest BCUT2D eigenvalue weighted by molar-refractivity contribution is 5.83. The van der Waals surface area contributed by atoms with Crippen LogP contribution in [0.4, 0.5) is 0 Å². The molecule has 2 aliphatic rings. The summed E-state index contributed by atoms with van der Waals surface area (Å²) in [5.74, 6) is -0.732. The van der Waals surface area contributed by atoms with Crippen molar-refractivity contribution >= 4 is 11.9 Å². The van der Waals surface area contributed by atoms with Crippen LogP contribution in [0.3, 0.4) is 0 Å². The van der Waals surface area contributed by atoms with Crippen LogP contribution >= 0.6 is 0 Å². The molecular weight excluding hydrogens is 560 g/mol. The van der Waals surface area contributed by atoms with Crippen molar-refractivity contribution in [3.63, 3.8) is 0 Å². The zero-order chi connectivity index (χ0) is 31.1. The minimum atomic E-state index is -0.860. The number of benzene rings is 3. The normalized spacial score (nSPS) is 23.1. The molecule has 0 radical (unpaired) electrons. The third-order valence-electron chi connectivity index (χ3n) is 8.34. The number of carbonyl (C=O) groups is 2. The number of aliphatic hydroxyl groups excluding tert-OH is 1. The fourth-order valence-electron chi connectivity index (χ4n) is 5.77. The summed E-state index contributed by atoms with van der Waals surface area (Å²) in [6.45, 7) is 9.33. The number of amides is 1. The summed E-state index contributed by atoms with van der Waals surface area (Å²) in [5, 5.41) is 12.4. The van der Waals surface area contributed by atoms with Crippen LogP contribution in [-0.4, -0.2) is 66.9 Å². The van der Waals surface area contributed by atoms with E-state index in [0.717, 1.165) is 66.2 Å². The molecule has 9 nitrogen and oxygen atoms in total. The van der Waals surface area contributed by atoms with E-state index in [1.807, 2.05) is 72.8 Å². The molecule has 9 heteroatoms. The molecule has 2 fully saturated rings. The van der Waals surface area contributed by atoms with Gasteiger partial charge in [0, 0.05) is 44.6 Å². The van der Waals surface area contributed by atoms with Crippen LogP contribution in [0, 0.1) is 5.92 Å². The molecule has 0 aromatic heterocycles. The average Bonchev–Trinajstić information content (AvgIpc) is 3.05. The Hall–Kier alpha value is -3.60. The van der Waals surface area contributed by atoms with Gasteiger partial charge in [0.05, 0.1) is 32.0 Å². The maximum Gasteiger partial charge on any atom is 0.303 e. The Bertz CT molecular complexity index is 1390. The van der Waals surface area contributed by atoms with E-state index in [9.17, 15) is 14.7 Å². The van der Waals surface area contributed by atoms with Crippen LogP contribution in [0.25, 0.3) is 11.1 Å². The number of ether oxygens (including phenoxy) is 4. The first-order valence-corrected chi connectivity index (χ1v) is 15.3. The van der Waals surface area contributed by atoms with Gasteiger partial charge in [-0.25, -0.2) is 0 Å². The second kappa shape index (κ2) is 14.9. The van der Waals surface area contributed by atoms with Crippen LogP contribution in [0.5, 0.6) is 0 Å². The fourth-order valence-corrected chi connectivity index (χ4v) is 5.77. The van der Waals surface area contributed by atoms with E-state index in [1.165, 1.54) is 6.92 Å². The molecular formula is C35H42N2O7. The van der Waals surface area contributed by atoms with E-state index >= 15 is 0 Å². The Balaban J connectivity index is 1.34. The molecule has 3 aromatic carbocycles. The zero-order valence-corrected chi connectivity index (χ0v) is 25.6. The SMILES string of the molecule is CC(=O)OC(C)C(=O)NCc1ccccc1-c1ccc(C2OC(CN3CCOCC3)C(C)C(c3ccc(CO)cc3)O2)cc1. The molecule has 1 amide bonds. The number of carbonyl (C=O) groups excluding carboxylic acids is 2. The number of hydrogen-bond donors (Lipinski definition) is 2. The van der Waals surface area contributed by atoms with Gasteiger partial charge in [-0.15, -0.1) is 0 Å². The maximum absolute atomic E-state index is 12.4. The van der Waals surface area contributed by atoms with Crippen molar-refractivity contribution in [3.05, 3.63) is 95.1 Å². The first-order valence-electron chi connectivity index (χ1n) is 15.3. The number of hydrogen-bond acceptors (Lipinski definition) is 8. The summed E-state index contributed by atoms with van der Waals surface area (Å²) in [7, 11) is 0. The molecule has 3 aromatic rings. The second-order valence-electron chi connectivity index (χ2n) is 11.5. The summed E-state index contributed by atoms with van der Waals surface area (Å²) in [6.07, 6.45) is -1.63. The van der Waals surface area contributed by atoms with Gasteiger partial charge in [-0.05, 0) is 34.7 Å². The van der Waals surface area contributed by atoms with E-state index in [1.54, 1.807) is 6.92 Å². The van der Waals surface area contributed by atoms with Gasteiger partial charge in [-0.2, -0.15) is 0 Å². The minimum absolute atomic E-state index is 0.00198. The molecule has 5 atom stereocenters. The van der Waals surface area contributed by atoms with Gasteiger partial charge in [0.15, 0.2) is 12.4 Å². The topological polar surface area (TPSA) is 107 Å². The lowest BCUT2D eigenvalue weighted by Gasteiger charge is -2.43. The van der Waals surface area contributed by atoms with Crippen LogP contribution in [-0.2, 0) is 41.7 Å². The summed E-state index contributed by atoms with van der Waals surface area (Å²) >= 11 is 0. The number of rotatable bonds is 10. The lowest BCUT2D eigenvalue weighted by molar-refractivity contribution is -0.277. The smallest absolute Gasteiger partial charge is 0.303 e. The van der Waals surface area contributed by atoms with Crippen molar-refractivity contribution in [3.8, 4) is 11.1 Å². The van der Waals surface area contributed by atoms with E-state index in [0.29, 0.717) is 6.54 Å². The molecule has 0 saturated carbocycles. The van der Waals surface area contributed by atoms with E-state index in [-0.39, 0.29) is 30.6 Å². The Morgan fingerprint density at radius 3 is 2.34 bits per heavy atom. The first-order chi connectivity index (χ1) is 21.3. The van der Waals surface area contributed by atoms with Crippen molar-refractivity contribution in [2.24, 2.45) is 5.92 Å². The summed E-state index contributed by atoms with van der Waals surface area (Å²) < 4.78 is 23.8. The van der Waals surface area contributed by atoms with Gasteiger partial charge in [-0.1, -0.05) is 79.7 Å². The number of nitrogens with zero attached hydrogens (tertiary/aromatic N) is 1. The molecule has 0 aliphatic carbocycles.